The molecule has 1 aliphatic rings. The fourth-order valence-corrected chi connectivity index (χ4v) is 2.65. The highest BCUT2D eigenvalue weighted by Gasteiger charge is 2.11. The Labute approximate surface area is 104 Å². The van der Waals surface area contributed by atoms with Gasteiger partial charge in [0.15, 0.2) is 0 Å². The highest BCUT2D eigenvalue weighted by atomic mass is 16.5. The first-order valence-corrected chi connectivity index (χ1v) is 6.97. The van der Waals surface area contributed by atoms with E-state index in [1.807, 2.05) is 13.0 Å². The molecule has 1 saturated carbocycles. The summed E-state index contributed by atoms with van der Waals surface area (Å²) in [6.45, 7) is 3.91. The first-order chi connectivity index (χ1) is 8.34. The number of aryl methyl sites for hydroxylation is 1. The molecule has 0 atom stereocenters. The molecule has 3 heteroatoms. The molecule has 17 heavy (non-hydrogen) atoms. The zero-order chi connectivity index (χ0) is 11.9. The summed E-state index contributed by atoms with van der Waals surface area (Å²) in [6, 6.07) is 2.01. The van der Waals surface area contributed by atoms with Crippen LogP contribution in [0.2, 0.25) is 0 Å². The fourth-order valence-electron chi connectivity index (χ4n) is 2.65. The van der Waals surface area contributed by atoms with Crippen LogP contribution in [0, 0.1) is 12.8 Å². The predicted molar refractivity (Wildman–Crippen MR) is 68.8 cm³/mol. The predicted octanol–water partition coefficient (Wildman–Crippen LogP) is 3.43. The average Bonchev–Trinajstić information content (AvgIpc) is 2.67. The van der Waals surface area contributed by atoms with Gasteiger partial charge in [-0.1, -0.05) is 37.3 Å². The molecule has 0 saturated heterocycles. The van der Waals surface area contributed by atoms with Crippen molar-refractivity contribution in [3.05, 3.63) is 17.5 Å². The Morgan fingerprint density at radius 1 is 1.24 bits per heavy atom. The van der Waals surface area contributed by atoms with Crippen molar-refractivity contribution < 1.29 is 4.52 Å². The number of nitrogens with one attached hydrogen (secondary N) is 1. The molecule has 1 aromatic rings. The summed E-state index contributed by atoms with van der Waals surface area (Å²) in [5.41, 5.74) is 1.02. The summed E-state index contributed by atoms with van der Waals surface area (Å²) in [5, 5.41) is 7.50. The highest BCUT2D eigenvalue weighted by molar-refractivity contribution is 5.02. The van der Waals surface area contributed by atoms with Gasteiger partial charge in [-0.2, -0.15) is 0 Å². The van der Waals surface area contributed by atoms with Gasteiger partial charge in [0.2, 0.25) is 0 Å². The zero-order valence-electron chi connectivity index (χ0n) is 10.9. The van der Waals surface area contributed by atoms with Crippen LogP contribution in [0.5, 0.6) is 0 Å². The maximum atomic E-state index is 5.05. The smallest absolute Gasteiger partial charge is 0.133 e. The van der Waals surface area contributed by atoms with Crippen LogP contribution in [0.4, 0.5) is 0 Å². The maximum Gasteiger partial charge on any atom is 0.133 e. The van der Waals surface area contributed by atoms with Gasteiger partial charge in [-0.05, 0) is 32.2 Å². The molecule has 0 amide bonds. The van der Waals surface area contributed by atoms with E-state index in [4.69, 9.17) is 4.52 Å². The van der Waals surface area contributed by atoms with Gasteiger partial charge in [-0.15, -0.1) is 0 Å². The summed E-state index contributed by atoms with van der Waals surface area (Å²) in [5.74, 6) is 1.76. The van der Waals surface area contributed by atoms with Gasteiger partial charge in [-0.25, -0.2) is 0 Å². The lowest BCUT2D eigenvalue weighted by atomic mass is 9.91. The van der Waals surface area contributed by atoms with Crippen LogP contribution in [-0.4, -0.2) is 11.7 Å². The molecule has 1 aromatic heterocycles. The molecule has 1 heterocycles. The molecule has 96 valence electrons. The summed E-state index contributed by atoms with van der Waals surface area (Å²) in [6.07, 6.45) is 9.91. The number of hydrogen-bond donors (Lipinski definition) is 1. The molecule has 0 radical (unpaired) electrons. The summed E-state index contributed by atoms with van der Waals surface area (Å²) >= 11 is 0. The van der Waals surface area contributed by atoms with Crippen molar-refractivity contribution in [2.75, 3.05) is 6.54 Å². The second kappa shape index (κ2) is 6.80. The number of nitrogens with zero attached hydrogens (tertiary/aromatic N) is 1. The third kappa shape index (κ3) is 4.50. The molecule has 1 aliphatic carbocycles. The van der Waals surface area contributed by atoms with E-state index in [0.717, 1.165) is 30.5 Å². The lowest BCUT2D eigenvalue weighted by Crippen LogP contribution is -2.23. The van der Waals surface area contributed by atoms with Gasteiger partial charge in [0.25, 0.3) is 0 Å². The lowest BCUT2D eigenvalue weighted by Gasteiger charge is -2.19. The van der Waals surface area contributed by atoms with Crippen LogP contribution >= 0.6 is 0 Å². The van der Waals surface area contributed by atoms with Gasteiger partial charge in [0, 0.05) is 12.6 Å². The molecule has 0 aromatic carbocycles. The lowest BCUT2D eigenvalue weighted by molar-refractivity contribution is 0.355. The minimum atomic E-state index is 0.841. The molecular weight excluding hydrogens is 212 g/mol. The SMILES string of the molecule is Cc1cc(CNCC2CCCCCCC2)no1. The Bertz CT molecular complexity index is 314. The minimum Gasteiger partial charge on any atom is -0.361 e. The summed E-state index contributed by atoms with van der Waals surface area (Å²) < 4.78 is 5.05. The Kier molecular flexibility index (Phi) is 5.05. The highest BCUT2D eigenvalue weighted by Crippen LogP contribution is 2.21. The van der Waals surface area contributed by atoms with Crippen molar-refractivity contribution in [3.63, 3.8) is 0 Å². The van der Waals surface area contributed by atoms with E-state index in [1.165, 1.54) is 44.9 Å². The van der Waals surface area contributed by atoms with Crippen LogP contribution in [0.3, 0.4) is 0 Å². The van der Waals surface area contributed by atoms with Gasteiger partial charge in [0.1, 0.15) is 5.76 Å². The van der Waals surface area contributed by atoms with E-state index in [2.05, 4.69) is 10.5 Å². The monoisotopic (exact) mass is 236 g/mol. The van der Waals surface area contributed by atoms with Crippen molar-refractivity contribution in [2.45, 2.75) is 58.4 Å². The second-order valence-corrected chi connectivity index (χ2v) is 5.27. The molecule has 0 aliphatic heterocycles. The summed E-state index contributed by atoms with van der Waals surface area (Å²) in [4.78, 5) is 0. The van der Waals surface area contributed by atoms with E-state index in [0.29, 0.717) is 0 Å². The topological polar surface area (TPSA) is 38.1 Å². The third-order valence-corrected chi connectivity index (χ3v) is 3.64. The van der Waals surface area contributed by atoms with Crippen molar-refractivity contribution in [3.8, 4) is 0 Å². The molecular formula is C14H24N2O. The standard InChI is InChI=1S/C14H24N2O/c1-12-9-14(16-17-12)11-15-10-13-7-5-3-2-4-6-8-13/h9,13,15H,2-8,10-11H2,1H3. The first kappa shape index (κ1) is 12.6. The number of hydrogen-bond acceptors (Lipinski definition) is 3. The van der Waals surface area contributed by atoms with Crippen LogP contribution in [0.15, 0.2) is 10.6 Å². The van der Waals surface area contributed by atoms with Crippen molar-refractivity contribution in [1.29, 1.82) is 0 Å². The van der Waals surface area contributed by atoms with Crippen LogP contribution < -0.4 is 5.32 Å². The Morgan fingerprint density at radius 3 is 2.59 bits per heavy atom. The Morgan fingerprint density at radius 2 is 1.94 bits per heavy atom. The van der Waals surface area contributed by atoms with Crippen molar-refractivity contribution >= 4 is 0 Å². The maximum absolute atomic E-state index is 5.05. The average molecular weight is 236 g/mol. The third-order valence-electron chi connectivity index (χ3n) is 3.64. The second-order valence-electron chi connectivity index (χ2n) is 5.27. The van der Waals surface area contributed by atoms with Gasteiger partial charge in [0.05, 0.1) is 5.69 Å². The zero-order valence-corrected chi connectivity index (χ0v) is 10.9. The van der Waals surface area contributed by atoms with Crippen LogP contribution in [0.1, 0.15) is 56.4 Å². The Balaban J connectivity index is 1.66. The molecule has 1 N–H and O–H groups in total. The molecule has 0 unspecified atom stereocenters. The number of rotatable bonds is 4. The molecule has 0 bridgehead atoms. The Hall–Kier alpha value is -0.830. The summed E-state index contributed by atoms with van der Waals surface area (Å²) in [7, 11) is 0. The normalized spacial score (nSPS) is 18.9. The van der Waals surface area contributed by atoms with E-state index in [-0.39, 0.29) is 0 Å². The fraction of sp³-hybridized carbons (Fsp3) is 0.786. The van der Waals surface area contributed by atoms with Gasteiger partial charge in [-0.3, -0.25) is 0 Å². The molecule has 1 fully saturated rings. The quantitative estimate of drug-likeness (QED) is 0.870. The van der Waals surface area contributed by atoms with E-state index in [9.17, 15) is 0 Å². The number of aromatic nitrogens is 1. The first-order valence-electron chi connectivity index (χ1n) is 6.97. The van der Waals surface area contributed by atoms with Gasteiger partial charge < -0.3 is 9.84 Å². The van der Waals surface area contributed by atoms with Crippen LogP contribution in [0.25, 0.3) is 0 Å². The van der Waals surface area contributed by atoms with E-state index >= 15 is 0 Å². The molecule has 0 spiro atoms. The van der Waals surface area contributed by atoms with Crippen molar-refractivity contribution in [1.82, 2.24) is 10.5 Å². The van der Waals surface area contributed by atoms with Crippen molar-refractivity contribution in [2.24, 2.45) is 5.92 Å². The van der Waals surface area contributed by atoms with Crippen LogP contribution in [-0.2, 0) is 6.54 Å². The molecule has 2 rings (SSSR count). The largest absolute Gasteiger partial charge is 0.361 e. The minimum absolute atomic E-state index is 0.841. The van der Waals surface area contributed by atoms with E-state index in [1.54, 1.807) is 0 Å². The van der Waals surface area contributed by atoms with Gasteiger partial charge >= 0.3 is 0 Å². The molecule has 3 nitrogen and oxygen atoms in total. The van der Waals surface area contributed by atoms with E-state index < -0.39 is 0 Å².